The van der Waals surface area contributed by atoms with Gasteiger partial charge in [0.1, 0.15) is 11.5 Å². The van der Waals surface area contributed by atoms with E-state index in [9.17, 15) is 4.79 Å². The highest BCUT2D eigenvalue weighted by Gasteiger charge is 2.07. The molecule has 0 heterocycles. The molecular weight excluding hydrogens is 364 g/mol. The zero-order valence-corrected chi connectivity index (χ0v) is 15.6. The van der Waals surface area contributed by atoms with Crippen LogP contribution in [0.15, 0.2) is 65.8 Å². The quantitative estimate of drug-likeness (QED) is 0.486. The third kappa shape index (κ3) is 4.99. The van der Waals surface area contributed by atoms with E-state index in [1.165, 1.54) is 0 Å². The zero-order chi connectivity index (χ0) is 19.1. The number of rotatable bonds is 7. The fourth-order valence-electron chi connectivity index (χ4n) is 2.60. The summed E-state index contributed by atoms with van der Waals surface area (Å²) in [6.45, 7) is 2.30. The molecule has 5 nitrogen and oxygen atoms in total. The third-order valence-corrected chi connectivity index (χ3v) is 4.01. The number of halogens is 1. The first-order valence-corrected chi connectivity index (χ1v) is 8.90. The van der Waals surface area contributed by atoms with Gasteiger partial charge in [0.25, 0.3) is 5.91 Å². The largest absolute Gasteiger partial charge is 0.493 e. The van der Waals surface area contributed by atoms with Crippen LogP contribution >= 0.6 is 11.6 Å². The molecule has 1 amide bonds. The van der Waals surface area contributed by atoms with Crippen LogP contribution < -0.4 is 14.9 Å². The van der Waals surface area contributed by atoms with E-state index in [2.05, 4.69) is 10.5 Å². The fraction of sp³-hybridized carbons (Fsp3) is 0.143. The Morgan fingerprint density at radius 1 is 1.11 bits per heavy atom. The van der Waals surface area contributed by atoms with Crippen molar-refractivity contribution in [3.63, 3.8) is 0 Å². The van der Waals surface area contributed by atoms with Gasteiger partial charge in [-0.25, -0.2) is 5.43 Å². The number of carbonyl (C=O) groups is 1. The Kier molecular flexibility index (Phi) is 6.28. The summed E-state index contributed by atoms with van der Waals surface area (Å²) in [5.41, 5.74) is 3.28. The second kappa shape index (κ2) is 9.05. The van der Waals surface area contributed by atoms with E-state index >= 15 is 0 Å². The standard InChI is InChI=1S/C21H19ClN2O3/c1-2-26-20-11-10-15-6-3-4-9-18(15)19(20)13-23-24-21(25)14-27-17-8-5-7-16(22)12-17/h3-13H,2,14H2,1H3,(H,24,25). The van der Waals surface area contributed by atoms with Gasteiger partial charge in [0.05, 0.1) is 12.8 Å². The lowest BCUT2D eigenvalue weighted by Crippen LogP contribution is -2.24. The van der Waals surface area contributed by atoms with Gasteiger partial charge >= 0.3 is 0 Å². The molecule has 6 heteroatoms. The van der Waals surface area contributed by atoms with E-state index in [-0.39, 0.29) is 12.5 Å². The maximum atomic E-state index is 12.0. The number of hydrazone groups is 1. The number of ether oxygens (including phenoxy) is 2. The molecule has 0 saturated heterocycles. The molecule has 0 unspecified atom stereocenters. The monoisotopic (exact) mass is 382 g/mol. The number of hydrogen-bond acceptors (Lipinski definition) is 4. The first-order chi connectivity index (χ1) is 13.2. The highest BCUT2D eigenvalue weighted by atomic mass is 35.5. The number of hydrogen-bond donors (Lipinski definition) is 1. The van der Waals surface area contributed by atoms with Crippen LogP contribution in [-0.2, 0) is 4.79 Å². The molecule has 0 fully saturated rings. The second-order valence-electron chi connectivity index (χ2n) is 5.67. The minimum atomic E-state index is -0.371. The Hall–Kier alpha value is -3.05. The van der Waals surface area contributed by atoms with Crippen LogP contribution in [0.1, 0.15) is 12.5 Å². The average Bonchev–Trinajstić information content (AvgIpc) is 2.68. The summed E-state index contributed by atoms with van der Waals surface area (Å²) < 4.78 is 11.1. The molecule has 0 atom stereocenters. The lowest BCUT2D eigenvalue weighted by Gasteiger charge is -2.10. The lowest BCUT2D eigenvalue weighted by atomic mass is 10.0. The molecule has 3 rings (SSSR count). The van der Waals surface area contributed by atoms with Crippen molar-refractivity contribution >= 4 is 34.5 Å². The minimum absolute atomic E-state index is 0.161. The molecular formula is C21H19ClN2O3. The molecule has 138 valence electrons. The number of carbonyl (C=O) groups excluding carboxylic acids is 1. The summed E-state index contributed by atoms with van der Waals surface area (Å²) >= 11 is 5.88. The van der Waals surface area contributed by atoms with E-state index in [1.54, 1.807) is 30.5 Å². The van der Waals surface area contributed by atoms with E-state index in [4.69, 9.17) is 21.1 Å². The van der Waals surface area contributed by atoms with Gasteiger partial charge in [0.2, 0.25) is 0 Å². The molecule has 1 N–H and O–H groups in total. The van der Waals surface area contributed by atoms with Crippen molar-refractivity contribution in [2.24, 2.45) is 5.10 Å². The van der Waals surface area contributed by atoms with Crippen LogP contribution in [0.4, 0.5) is 0 Å². The summed E-state index contributed by atoms with van der Waals surface area (Å²) in [6.07, 6.45) is 1.59. The van der Waals surface area contributed by atoms with Gasteiger partial charge in [0, 0.05) is 10.6 Å². The highest BCUT2D eigenvalue weighted by Crippen LogP contribution is 2.26. The molecule has 0 bridgehead atoms. The molecule has 0 aromatic heterocycles. The SMILES string of the molecule is CCOc1ccc2ccccc2c1C=NNC(=O)COc1cccc(Cl)c1. The van der Waals surface area contributed by atoms with Gasteiger partial charge in [-0.05, 0) is 42.0 Å². The van der Waals surface area contributed by atoms with Gasteiger partial charge in [-0.1, -0.05) is 48.0 Å². The first kappa shape index (κ1) is 18.7. The molecule has 0 saturated carbocycles. The van der Waals surface area contributed by atoms with Gasteiger partial charge < -0.3 is 9.47 Å². The van der Waals surface area contributed by atoms with Gasteiger partial charge in [-0.3, -0.25) is 4.79 Å². The number of fused-ring (bicyclic) bond motifs is 1. The van der Waals surface area contributed by atoms with Crippen LogP contribution in [-0.4, -0.2) is 25.3 Å². The van der Waals surface area contributed by atoms with Crippen molar-refractivity contribution in [3.05, 3.63) is 71.2 Å². The van der Waals surface area contributed by atoms with Crippen LogP contribution in [0.5, 0.6) is 11.5 Å². The number of nitrogens with zero attached hydrogens (tertiary/aromatic N) is 1. The van der Waals surface area contributed by atoms with Crippen LogP contribution in [0.3, 0.4) is 0 Å². The van der Waals surface area contributed by atoms with Crippen molar-refractivity contribution in [1.82, 2.24) is 5.43 Å². The fourth-order valence-corrected chi connectivity index (χ4v) is 2.78. The molecule has 0 aliphatic heterocycles. The minimum Gasteiger partial charge on any atom is -0.493 e. The predicted molar refractivity (Wildman–Crippen MR) is 108 cm³/mol. The third-order valence-electron chi connectivity index (χ3n) is 3.78. The Morgan fingerprint density at radius 2 is 1.96 bits per heavy atom. The van der Waals surface area contributed by atoms with Crippen molar-refractivity contribution < 1.29 is 14.3 Å². The Balaban J connectivity index is 1.68. The molecule has 27 heavy (non-hydrogen) atoms. The van der Waals surface area contributed by atoms with E-state index in [0.717, 1.165) is 16.3 Å². The topological polar surface area (TPSA) is 59.9 Å². The summed E-state index contributed by atoms with van der Waals surface area (Å²) in [6, 6.07) is 18.7. The molecule has 0 aliphatic carbocycles. The van der Waals surface area contributed by atoms with E-state index in [0.29, 0.717) is 23.1 Å². The summed E-state index contributed by atoms with van der Waals surface area (Å²) in [4.78, 5) is 12.0. The molecule has 0 radical (unpaired) electrons. The van der Waals surface area contributed by atoms with Crippen LogP contribution in [0.2, 0.25) is 5.02 Å². The number of amides is 1. The lowest BCUT2D eigenvalue weighted by molar-refractivity contribution is -0.123. The van der Waals surface area contributed by atoms with Crippen LogP contribution in [0.25, 0.3) is 10.8 Å². The zero-order valence-electron chi connectivity index (χ0n) is 14.8. The number of nitrogens with one attached hydrogen (secondary N) is 1. The Bertz CT molecular complexity index is 973. The Labute approximate surface area is 162 Å². The molecule has 0 spiro atoms. The van der Waals surface area contributed by atoms with Crippen molar-refractivity contribution in [3.8, 4) is 11.5 Å². The van der Waals surface area contributed by atoms with Gasteiger partial charge in [-0.2, -0.15) is 5.10 Å². The van der Waals surface area contributed by atoms with E-state index < -0.39 is 0 Å². The molecule has 0 aliphatic rings. The summed E-state index contributed by atoms with van der Waals surface area (Å²) in [5, 5.41) is 6.66. The molecule has 3 aromatic rings. The molecule has 3 aromatic carbocycles. The first-order valence-electron chi connectivity index (χ1n) is 8.52. The maximum Gasteiger partial charge on any atom is 0.277 e. The Morgan fingerprint density at radius 3 is 2.78 bits per heavy atom. The van der Waals surface area contributed by atoms with Gasteiger partial charge in [0.15, 0.2) is 6.61 Å². The summed E-state index contributed by atoms with van der Waals surface area (Å²) in [5.74, 6) is 0.864. The second-order valence-corrected chi connectivity index (χ2v) is 6.11. The predicted octanol–water partition coefficient (Wildman–Crippen LogP) is 4.42. The summed E-state index contributed by atoms with van der Waals surface area (Å²) in [7, 11) is 0. The van der Waals surface area contributed by atoms with E-state index in [1.807, 2.05) is 43.3 Å². The smallest absolute Gasteiger partial charge is 0.277 e. The normalized spacial score (nSPS) is 10.9. The van der Waals surface area contributed by atoms with Crippen LogP contribution in [0, 0.1) is 0 Å². The highest BCUT2D eigenvalue weighted by molar-refractivity contribution is 6.30. The van der Waals surface area contributed by atoms with Crippen molar-refractivity contribution in [2.75, 3.05) is 13.2 Å². The van der Waals surface area contributed by atoms with Crippen molar-refractivity contribution in [1.29, 1.82) is 0 Å². The van der Waals surface area contributed by atoms with Crippen molar-refractivity contribution in [2.45, 2.75) is 6.92 Å². The van der Waals surface area contributed by atoms with Gasteiger partial charge in [-0.15, -0.1) is 0 Å². The average molecular weight is 383 g/mol. The maximum absolute atomic E-state index is 12.0. The number of benzene rings is 3.